The number of nitrogens with two attached hydrogens (primary N) is 2. The first-order valence-electron chi connectivity index (χ1n) is 2.93. The molecule has 0 aliphatic carbocycles. The number of hydrogen-bond acceptors (Lipinski definition) is 2. The van der Waals surface area contributed by atoms with E-state index in [1.807, 2.05) is 0 Å². The molecule has 0 saturated heterocycles. The van der Waals surface area contributed by atoms with Crippen molar-refractivity contribution in [2.45, 2.75) is 5.92 Å². The van der Waals surface area contributed by atoms with Gasteiger partial charge >= 0.3 is 0 Å². The molecule has 10 heavy (non-hydrogen) atoms. The second-order valence-electron chi connectivity index (χ2n) is 2.13. The predicted octanol–water partition coefficient (Wildman–Crippen LogP) is 0.684. The van der Waals surface area contributed by atoms with E-state index in [0.717, 1.165) is 0 Å². The van der Waals surface area contributed by atoms with Gasteiger partial charge in [-0.15, -0.1) is 0 Å². The molecule has 3 heteroatoms. The number of halogens is 1. The topological polar surface area (TPSA) is 52.0 Å². The fourth-order valence-corrected chi connectivity index (χ4v) is 0.694. The summed E-state index contributed by atoms with van der Waals surface area (Å²) in [5.41, 5.74) is 10.2. The van der Waals surface area contributed by atoms with Crippen molar-refractivity contribution in [2.24, 2.45) is 11.5 Å². The summed E-state index contributed by atoms with van der Waals surface area (Å²) in [5, 5.41) is 0. The lowest BCUT2D eigenvalue weighted by Gasteiger charge is -2.13. The van der Waals surface area contributed by atoms with E-state index < -0.39 is 5.92 Å². The molecule has 54 valence electrons. The lowest BCUT2D eigenvalue weighted by molar-refractivity contribution is 0.185. The van der Waals surface area contributed by atoms with Crippen LogP contribution in [0, 0.1) is 0 Å². The second kappa shape index (κ2) is 2.36. The van der Waals surface area contributed by atoms with Crippen LogP contribution in [0.1, 0.15) is 5.56 Å². The minimum Gasteiger partial charge on any atom is -0.283 e. The molecular weight excluding hydrogens is 131 g/mol. The maximum atomic E-state index is 12.7. The van der Waals surface area contributed by atoms with E-state index in [0.29, 0.717) is 0 Å². The normalized spacial score (nSPS) is 11.5. The summed E-state index contributed by atoms with van der Waals surface area (Å²) in [5.74, 6) is -2.21. The molecule has 0 aromatic heterocycles. The number of benzene rings is 1. The number of hydrogen-bond donors (Lipinski definition) is 2. The molecule has 0 aliphatic rings. The fourth-order valence-electron chi connectivity index (χ4n) is 0.694. The monoisotopic (exact) mass is 140 g/mol. The predicted molar refractivity (Wildman–Crippen MR) is 37.6 cm³/mol. The Balaban J connectivity index is 2.97. The third-order valence-corrected chi connectivity index (χ3v) is 1.22. The Hall–Kier alpha value is -0.930. The molecule has 0 amide bonds. The molecule has 0 heterocycles. The van der Waals surface area contributed by atoms with E-state index in [1.54, 1.807) is 30.3 Å². The van der Waals surface area contributed by atoms with E-state index in [-0.39, 0.29) is 5.56 Å². The van der Waals surface area contributed by atoms with Gasteiger partial charge in [0.1, 0.15) is 0 Å². The molecule has 0 bridgehead atoms. The van der Waals surface area contributed by atoms with Crippen LogP contribution in [-0.2, 0) is 5.92 Å². The number of alkyl halides is 1. The molecule has 1 rings (SSSR count). The van der Waals surface area contributed by atoms with Gasteiger partial charge in [-0.05, 0) is 0 Å². The standard InChI is InChI=1S/C7H9FN2/c8-7(9,10)6-4-2-1-3-5-6/h1-5H,9-10H2. The molecule has 0 atom stereocenters. The molecule has 0 radical (unpaired) electrons. The van der Waals surface area contributed by atoms with Crippen LogP contribution in [-0.4, -0.2) is 0 Å². The minimum atomic E-state index is -2.21. The van der Waals surface area contributed by atoms with E-state index >= 15 is 0 Å². The third kappa shape index (κ3) is 1.52. The summed E-state index contributed by atoms with van der Waals surface area (Å²) >= 11 is 0. The largest absolute Gasteiger partial charge is 0.283 e. The van der Waals surface area contributed by atoms with Crippen LogP contribution in [0.4, 0.5) is 4.39 Å². The molecule has 2 nitrogen and oxygen atoms in total. The SMILES string of the molecule is NC(N)(F)c1ccccc1. The first-order valence-corrected chi connectivity index (χ1v) is 2.93. The van der Waals surface area contributed by atoms with Gasteiger partial charge in [0.2, 0.25) is 5.92 Å². The van der Waals surface area contributed by atoms with Crippen molar-refractivity contribution in [1.29, 1.82) is 0 Å². The zero-order valence-electron chi connectivity index (χ0n) is 5.42. The molecule has 1 aromatic carbocycles. The minimum absolute atomic E-state index is 0.287. The molecule has 0 saturated carbocycles. The summed E-state index contributed by atoms with van der Waals surface area (Å²) in [6, 6.07) is 8.22. The molecule has 1 aromatic rings. The molecule has 4 N–H and O–H groups in total. The van der Waals surface area contributed by atoms with Gasteiger partial charge in [-0.3, -0.25) is 11.5 Å². The first-order chi connectivity index (χ1) is 4.61. The fraction of sp³-hybridized carbons (Fsp3) is 0.143. The highest BCUT2D eigenvalue weighted by atomic mass is 19.1. The van der Waals surface area contributed by atoms with Gasteiger partial charge in [0.05, 0.1) is 0 Å². The van der Waals surface area contributed by atoms with Crippen LogP contribution in [0.3, 0.4) is 0 Å². The summed E-state index contributed by atoms with van der Waals surface area (Å²) in [6.07, 6.45) is 0. The second-order valence-corrected chi connectivity index (χ2v) is 2.13. The van der Waals surface area contributed by atoms with E-state index in [1.165, 1.54) is 0 Å². The highest BCUT2D eigenvalue weighted by Gasteiger charge is 2.18. The Morgan fingerprint density at radius 3 is 1.90 bits per heavy atom. The smallest absolute Gasteiger partial charge is 0.237 e. The number of rotatable bonds is 1. The lowest BCUT2D eigenvalue weighted by Crippen LogP contribution is -2.40. The van der Waals surface area contributed by atoms with Gasteiger partial charge in [0, 0.05) is 5.56 Å². The maximum absolute atomic E-state index is 12.7. The van der Waals surface area contributed by atoms with Crippen molar-refractivity contribution in [3.63, 3.8) is 0 Å². The van der Waals surface area contributed by atoms with Gasteiger partial charge < -0.3 is 0 Å². The van der Waals surface area contributed by atoms with Crippen LogP contribution in [0.5, 0.6) is 0 Å². The molecular formula is C7H9FN2. The van der Waals surface area contributed by atoms with Crippen LogP contribution >= 0.6 is 0 Å². The Labute approximate surface area is 58.6 Å². The van der Waals surface area contributed by atoms with Crippen molar-refractivity contribution in [3.05, 3.63) is 35.9 Å². The van der Waals surface area contributed by atoms with Gasteiger partial charge in [-0.1, -0.05) is 30.3 Å². The zero-order valence-corrected chi connectivity index (χ0v) is 5.42. The van der Waals surface area contributed by atoms with Crippen LogP contribution in [0.25, 0.3) is 0 Å². The molecule has 0 spiro atoms. The molecule has 0 aliphatic heterocycles. The van der Waals surface area contributed by atoms with Crippen molar-refractivity contribution in [2.75, 3.05) is 0 Å². The highest BCUT2D eigenvalue weighted by molar-refractivity contribution is 5.19. The van der Waals surface area contributed by atoms with Crippen LogP contribution < -0.4 is 11.5 Å². The summed E-state index contributed by atoms with van der Waals surface area (Å²) in [6.45, 7) is 0. The average Bonchev–Trinajstić information content (AvgIpc) is 1.88. The van der Waals surface area contributed by atoms with Crippen LogP contribution in [0.2, 0.25) is 0 Å². The van der Waals surface area contributed by atoms with Crippen molar-refractivity contribution in [1.82, 2.24) is 0 Å². The lowest BCUT2D eigenvalue weighted by atomic mass is 10.2. The van der Waals surface area contributed by atoms with E-state index in [9.17, 15) is 4.39 Å². The van der Waals surface area contributed by atoms with E-state index in [4.69, 9.17) is 11.5 Å². The maximum Gasteiger partial charge on any atom is 0.237 e. The Bertz CT molecular complexity index is 203. The summed E-state index contributed by atoms with van der Waals surface area (Å²) < 4.78 is 12.7. The van der Waals surface area contributed by atoms with Gasteiger partial charge in [0.25, 0.3) is 0 Å². The van der Waals surface area contributed by atoms with E-state index in [2.05, 4.69) is 0 Å². The van der Waals surface area contributed by atoms with Crippen molar-refractivity contribution < 1.29 is 4.39 Å². The van der Waals surface area contributed by atoms with Crippen molar-refractivity contribution >= 4 is 0 Å². The van der Waals surface area contributed by atoms with Crippen LogP contribution in [0.15, 0.2) is 30.3 Å². The van der Waals surface area contributed by atoms with Crippen molar-refractivity contribution in [3.8, 4) is 0 Å². The summed E-state index contributed by atoms with van der Waals surface area (Å²) in [4.78, 5) is 0. The Morgan fingerprint density at radius 2 is 1.60 bits per heavy atom. The third-order valence-electron chi connectivity index (χ3n) is 1.22. The highest BCUT2D eigenvalue weighted by Crippen LogP contribution is 2.11. The molecule has 0 unspecified atom stereocenters. The van der Waals surface area contributed by atoms with Gasteiger partial charge in [0.15, 0.2) is 0 Å². The average molecular weight is 140 g/mol. The zero-order chi connectivity index (χ0) is 7.61. The van der Waals surface area contributed by atoms with Gasteiger partial charge in [-0.2, -0.15) is 0 Å². The molecule has 0 fully saturated rings. The quantitative estimate of drug-likeness (QED) is 0.445. The Morgan fingerprint density at radius 1 is 1.10 bits per heavy atom. The first kappa shape index (κ1) is 7.18. The summed E-state index contributed by atoms with van der Waals surface area (Å²) in [7, 11) is 0. The van der Waals surface area contributed by atoms with Gasteiger partial charge in [-0.25, -0.2) is 4.39 Å². The Kier molecular flexibility index (Phi) is 1.70.